The van der Waals surface area contributed by atoms with E-state index >= 15 is 0 Å². The summed E-state index contributed by atoms with van der Waals surface area (Å²) in [7, 11) is 0. The topological polar surface area (TPSA) is 47.3 Å². The zero-order valence-electron chi connectivity index (χ0n) is 13.4. The first-order chi connectivity index (χ1) is 10.0. The number of nitrogens with one attached hydrogen (secondary N) is 1. The molecule has 2 fully saturated rings. The summed E-state index contributed by atoms with van der Waals surface area (Å²) in [5.41, 5.74) is 7.82. The van der Waals surface area contributed by atoms with Gasteiger partial charge in [-0.1, -0.05) is 6.42 Å². The maximum absolute atomic E-state index is 5.99. The Morgan fingerprint density at radius 2 is 2.00 bits per heavy atom. The van der Waals surface area contributed by atoms with Crippen molar-refractivity contribution in [1.82, 2.24) is 0 Å². The van der Waals surface area contributed by atoms with Crippen LogP contribution in [0, 0.1) is 17.8 Å². The third-order valence-corrected chi connectivity index (χ3v) is 5.21. The van der Waals surface area contributed by atoms with Gasteiger partial charge in [0.05, 0.1) is 11.8 Å². The van der Waals surface area contributed by atoms with Crippen LogP contribution in [0.1, 0.15) is 46.5 Å². The van der Waals surface area contributed by atoms with Gasteiger partial charge in [-0.15, -0.1) is 0 Å². The van der Waals surface area contributed by atoms with E-state index in [1.54, 1.807) is 0 Å². The van der Waals surface area contributed by atoms with Crippen molar-refractivity contribution in [3.63, 3.8) is 0 Å². The standard InChI is InChI=1S/C18H28N2O/c1-11(2)21-18-10-15(6-7-17(18)19)20-12(3)16-9-13-4-5-14(16)8-13/h6-7,10-14,16,20H,4-5,8-9,19H2,1-3H3. The number of ether oxygens (including phenoxy) is 1. The molecule has 2 aliphatic carbocycles. The zero-order chi connectivity index (χ0) is 15.0. The molecular formula is C18H28N2O. The summed E-state index contributed by atoms with van der Waals surface area (Å²) in [5, 5.41) is 3.67. The van der Waals surface area contributed by atoms with Crippen LogP contribution >= 0.6 is 0 Å². The van der Waals surface area contributed by atoms with Crippen LogP contribution in [0.25, 0.3) is 0 Å². The van der Waals surface area contributed by atoms with Gasteiger partial charge in [-0.3, -0.25) is 0 Å². The summed E-state index contributed by atoms with van der Waals surface area (Å²) in [5.74, 6) is 3.55. The van der Waals surface area contributed by atoms with Crippen molar-refractivity contribution in [3.8, 4) is 5.75 Å². The molecule has 2 aliphatic rings. The summed E-state index contributed by atoms with van der Waals surface area (Å²) in [6, 6.07) is 6.56. The van der Waals surface area contributed by atoms with Gasteiger partial charge < -0.3 is 15.8 Å². The Labute approximate surface area is 128 Å². The molecule has 4 atom stereocenters. The number of benzene rings is 1. The minimum absolute atomic E-state index is 0.144. The average molecular weight is 288 g/mol. The van der Waals surface area contributed by atoms with Crippen LogP contribution < -0.4 is 15.8 Å². The summed E-state index contributed by atoms with van der Waals surface area (Å²) in [6.45, 7) is 6.37. The molecule has 0 aromatic heterocycles. The zero-order valence-corrected chi connectivity index (χ0v) is 13.4. The maximum atomic E-state index is 5.99. The minimum Gasteiger partial charge on any atom is -0.489 e. The van der Waals surface area contributed by atoms with Crippen molar-refractivity contribution in [3.05, 3.63) is 18.2 Å². The first kappa shape index (κ1) is 14.6. The Kier molecular flexibility index (Phi) is 4.01. The van der Waals surface area contributed by atoms with E-state index in [0.29, 0.717) is 11.7 Å². The van der Waals surface area contributed by atoms with Crippen LogP contribution in [-0.4, -0.2) is 12.1 Å². The lowest BCUT2D eigenvalue weighted by Crippen LogP contribution is -2.29. The molecule has 0 aliphatic heterocycles. The lowest BCUT2D eigenvalue weighted by Gasteiger charge is -2.29. The number of nitrogen functional groups attached to an aromatic ring is 1. The Bertz CT molecular complexity index is 500. The van der Waals surface area contributed by atoms with Gasteiger partial charge in [0, 0.05) is 17.8 Å². The van der Waals surface area contributed by atoms with E-state index in [1.165, 1.54) is 25.7 Å². The number of rotatable bonds is 5. The summed E-state index contributed by atoms with van der Waals surface area (Å²) >= 11 is 0. The third-order valence-electron chi connectivity index (χ3n) is 5.21. The van der Waals surface area contributed by atoms with Crippen LogP contribution in [0.5, 0.6) is 5.75 Å². The summed E-state index contributed by atoms with van der Waals surface area (Å²) in [4.78, 5) is 0. The molecule has 21 heavy (non-hydrogen) atoms. The van der Waals surface area contributed by atoms with Gasteiger partial charge in [-0.05, 0) is 69.9 Å². The highest BCUT2D eigenvalue weighted by Crippen LogP contribution is 2.49. The molecule has 4 unspecified atom stereocenters. The molecule has 0 amide bonds. The highest BCUT2D eigenvalue weighted by atomic mass is 16.5. The lowest BCUT2D eigenvalue weighted by atomic mass is 9.84. The Balaban J connectivity index is 1.67. The van der Waals surface area contributed by atoms with Crippen LogP contribution in [-0.2, 0) is 0 Å². The Hall–Kier alpha value is -1.38. The molecule has 1 aromatic carbocycles. The van der Waals surface area contributed by atoms with Gasteiger partial charge in [0.15, 0.2) is 0 Å². The fraction of sp³-hybridized carbons (Fsp3) is 0.667. The summed E-state index contributed by atoms with van der Waals surface area (Å²) < 4.78 is 5.78. The quantitative estimate of drug-likeness (QED) is 0.794. The molecule has 2 bridgehead atoms. The predicted octanol–water partition coefficient (Wildman–Crippen LogP) is 4.29. The lowest BCUT2D eigenvalue weighted by molar-refractivity contribution is 0.244. The predicted molar refractivity (Wildman–Crippen MR) is 88.6 cm³/mol. The van der Waals surface area contributed by atoms with Gasteiger partial charge >= 0.3 is 0 Å². The molecular weight excluding hydrogens is 260 g/mol. The van der Waals surface area contributed by atoms with E-state index < -0.39 is 0 Å². The number of fused-ring (bicyclic) bond motifs is 2. The first-order valence-electron chi connectivity index (χ1n) is 8.35. The maximum Gasteiger partial charge on any atom is 0.144 e. The van der Waals surface area contributed by atoms with Gasteiger partial charge in [0.25, 0.3) is 0 Å². The van der Waals surface area contributed by atoms with Crippen LogP contribution in [0.2, 0.25) is 0 Å². The second kappa shape index (κ2) is 5.78. The Morgan fingerprint density at radius 1 is 1.19 bits per heavy atom. The van der Waals surface area contributed by atoms with E-state index in [9.17, 15) is 0 Å². The molecule has 1 aromatic rings. The van der Waals surface area contributed by atoms with Crippen molar-refractivity contribution in [1.29, 1.82) is 0 Å². The molecule has 3 N–H and O–H groups in total. The number of anilines is 2. The monoisotopic (exact) mass is 288 g/mol. The second-order valence-electron chi connectivity index (χ2n) is 7.19. The fourth-order valence-corrected chi connectivity index (χ4v) is 4.26. The molecule has 3 nitrogen and oxygen atoms in total. The normalized spacial score (nSPS) is 28.9. The van der Waals surface area contributed by atoms with E-state index in [1.807, 2.05) is 26.0 Å². The van der Waals surface area contributed by atoms with E-state index in [4.69, 9.17) is 10.5 Å². The first-order valence-corrected chi connectivity index (χ1v) is 8.35. The average Bonchev–Trinajstić information content (AvgIpc) is 3.04. The van der Waals surface area contributed by atoms with Gasteiger partial charge in [0.2, 0.25) is 0 Å². The van der Waals surface area contributed by atoms with Crippen molar-refractivity contribution in [2.75, 3.05) is 11.1 Å². The van der Waals surface area contributed by atoms with E-state index in [2.05, 4.69) is 18.3 Å². The van der Waals surface area contributed by atoms with Crippen molar-refractivity contribution >= 4 is 11.4 Å². The molecule has 116 valence electrons. The Morgan fingerprint density at radius 3 is 2.62 bits per heavy atom. The van der Waals surface area contributed by atoms with Crippen LogP contribution in [0.4, 0.5) is 11.4 Å². The van der Waals surface area contributed by atoms with Crippen LogP contribution in [0.3, 0.4) is 0 Å². The second-order valence-corrected chi connectivity index (χ2v) is 7.19. The van der Waals surface area contributed by atoms with Crippen molar-refractivity contribution in [2.24, 2.45) is 17.8 Å². The molecule has 3 heteroatoms. The van der Waals surface area contributed by atoms with Gasteiger partial charge in [0.1, 0.15) is 5.75 Å². The third kappa shape index (κ3) is 3.12. The molecule has 0 saturated heterocycles. The summed E-state index contributed by atoms with van der Waals surface area (Å²) in [6.07, 6.45) is 5.90. The highest BCUT2D eigenvalue weighted by Gasteiger charge is 2.41. The number of nitrogens with two attached hydrogens (primary N) is 1. The van der Waals surface area contributed by atoms with Crippen molar-refractivity contribution < 1.29 is 4.74 Å². The number of hydrogen-bond donors (Lipinski definition) is 2. The molecule has 3 rings (SSSR count). The van der Waals surface area contributed by atoms with E-state index in [0.717, 1.165) is 29.2 Å². The van der Waals surface area contributed by atoms with Crippen LogP contribution in [0.15, 0.2) is 18.2 Å². The van der Waals surface area contributed by atoms with Crippen molar-refractivity contribution in [2.45, 2.75) is 58.6 Å². The van der Waals surface area contributed by atoms with Gasteiger partial charge in [-0.25, -0.2) is 0 Å². The fourth-order valence-electron chi connectivity index (χ4n) is 4.26. The molecule has 0 heterocycles. The SMILES string of the molecule is CC(C)Oc1cc(NC(C)C2CC3CCC2C3)ccc1N. The van der Waals surface area contributed by atoms with Gasteiger partial charge in [-0.2, -0.15) is 0 Å². The molecule has 2 saturated carbocycles. The highest BCUT2D eigenvalue weighted by molar-refractivity contribution is 5.61. The molecule has 0 spiro atoms. The largest absolute Gasteiger partial charge is 0.489 e. The molecule has 0 radical (unpaired) electrons. The van der Waals surface area contributed by atoms with E-state index in [-0.39, 0.29) is 6.10 Å². The smallest absolute Gasteiger partial charge is 0.144 e. The number of hydrogen-bond acceptors (Lipinski definition) is 3. The minimum atomic E-state index is 0.144.